The highest BCUT2D eigenvalue weighted by Crippen LogP contribution is 2.40. The zero-order valence-corrected chi connectivity index (χ0v) is 16.2. The van der Waals surface area contributed by atoms with Gasteiger partial charge >= 0.3 is 12.1 Å². The van der Waals surface area contributed by atoms with Crippen LogP contribution in [-0.2, 0) is 25.7 Å². The van der Waals surface area contributed by atoms with E-state index >= 15 is 0 Å². The Morgan fingerprint density at radius 1 is 1.34 bits per heavy atom. The number of rotatable bonds is 6. The van der Waals surface area contributed by atoms with Gasteiger partial charge in [-0.3, -0.25) is 9.78 Å². The van der Waals surface area contributed by atoms with Gasteiger partial charge in [-0.2, -0.15) is 13.2 Å². The summed E-state index contributed by atoms with van der Waals surface area (Å²) in [6.45, 7) is 5.57. The van der Waals surface area contributed by atoms with Crippen LogP contribution in [-0.4, -0.2) is 64.9 Å². The van der Waals surface area contributed by atoms with Crippen LogP contribution in [0.25, 0.3) is 0 Å². The molecule has 1 aromatic heterocycles. The summed E-state index contributed by atoms with van der Waals surface area (Å²) >= 11 is 0. The van der Waals surface area contributed by atoms with Crippen LogP contribution < -0.4 is 0 Å². The van der Waals surface area contributed by atoms with Crippen LogP contribution in [0.5, 0.6) is 0 Å². The number of hydrogen-bond acceptors (Lipinski definition) is 5. The largest absolute Gasteiger partial charge is 0.490 e. The van der Waals surface area contributed by atoms with Gasteiger partial charge in [0.1, 0.15) is 5.60 Å². The van der Waals surface area contributed by atoms with Crippen molar-refractivity contribution in [3.05, 3.63) is 30.1 Å². The lowest BCUT2D eigenvalue weighted by Crippen LogP contribution is -2.66. The minimum atomic E-state index is -5.08. The van der Waals surface area contributed by atoms with Crippen LogP contribution in [0.1, 0.15) is 31.7 Å². The molecule has 1 aromatic rings. The van der Waals surface area contributed by atoms with E-state index in [1.165, 1.54) is 0 Å². The molecule has 2 aliphatic heterocycles. The molecule has 3 heterocycles. The smallest absolute Gasteiger partial charge is 0.475 e. The van der Waals surface area contributed by atoms with Gasteiger partial charge in [-0.15, -0.1) is 0 Å². The second-order valence-corrected chi connectivity index (χ2v) is 7.07. The Labute approximate surface area is 166 Å². The van der Waals surface area contributed by atoms with E-state index in [9.17, 15) is 18.0 Å². The number of amides is 1. The maximum Gasteiger partial charge on any atom is 0.490 e. The highest BCUT2D eigenvalue weighted by Gasteiger charge is 2.54. The summed E-state index contributed by atoms with van der Waals surface area (Å²) in [5.41, 5.74) is 0.984. The number of halogens is 3. The molecule has 10 heteroatoms. The zero-order valence-electron chi connectivity index (χ0n) is 16.2. The molecule has 3 rings (SSSR count). The molecular weight excluding hydrogens is 393 g/mol. The van der Waals surface area contributed by atoms with Crippen molar-refractivity contribution in [1.82, 2.24) is 9.88 Å². The van der Waals surface area contributed by atoms with Crippen molar-refractivity contribution in [2.24, 2.45) is 5.92 Å². The van der Waals surface area contributed by atoms with E-state index < -0.39 is 12.1 Å². The number of aromatic nitrogens is 1. The highest BCUT2D eigenvalue weighted by molar-refractivity contribution is 5.77. The number of ether oxygens (including phenoxy) is 2. The van der Waals surface area contributed by atoms with Crippen molar-refractivity contribution >= 4 is 11.9 Å². The Bertz CT molecular complexity index is 678. The average molecular weight is 418 g/mol. The fourth-order valence-corrected chi connectivity index (χ4v) is 3.32. The number of hydrogen-bond donors (Lipinski definition) is 1. The number of carboxylic acids is 1. The summed E-state index contributed by atoms with van der Waals surface area (Å²) in [7, 11) is 0. The topological polar surface area (TPSA) is 89.0 Å². The van der Waals surface area contributed by atoms with Gasteiger partial charge in [0.2, 0.25) is 5.91 Å². The van der Waals surface area contributed by atoms with Crippen LogP contribution in [0.4, 0.5) is 13.2 Å². The van der Waals surface area contributed by atoms with Gasteiger partial charge in [-0.05, 0) is 30.5 Å². The summed E-state index contributed by atoms with van der Waals surface area (Å²) in [5, 5.41) is 7.12. The SMILES string of the molecule is CCCC(=O)N1CC2(C1)OCCC2COCc1ccncc1.O=C(O)C(F)(F)F. The third-order valence-electron chi connectivity index (χ3n) is 4.91. The molecule has 1 unspecified atom stereocenters. The van der Waals surface area contributed by atoms with Crippen molar-refractivity contribution in [1.29, 1.82) is 0 Å². The standard InChI is InChI=1S/C17H24N2O3.C2HF3O2/c1-2-3-16(20)19-12-17(13-19)15(6-9-22-17)11-21-10-14-4-7-18-8-5-14;3-2(4,5)1(6)7/h4-5,7-8,15H,2-3,6,9-13H2,1H3;(H,6,7). The van der Waals surface area contributed by atoms with Crippen LogP contribution in [0, 0.1) is 5.92 Å². The lowest BCUT2D eigenvalue weighted by atomic mass is 9.81. The number of pyridine rings is 1. The van der Waals surface area contributed by atoms with E-state index in [4.69, 9.17) is 19.4 Å². The van der Waals surface area contributed by atoms with Crippen LogP contribution in [0.15, 0.2) is 24.5 Å². The predicted molar refractivity (Wildman–Crippen MR) is 95.9 cm³/mol. The van der Waals surface area contributed by atoms with Gasteiger partial charge in [0.15, 0.2) is 0 Å². The van der Waals surface area contributed by atoms with Gasteiger partial charge in [0, 0.05) is 31.3 Å². The Morgan fingerprint density at radius 2 is 1.97 bits per heavy atom. The predicted octanol–water partition coefficient (Wildman–Crippen LogP) is 2.65. The minimum Gasteiger partial charge on any atom is -0.475 e. The molecule has 1 amide bonds. The summed E-state index contributed by atoms with van der Waals surface area (Å²) in [6.07, 6.45) is 1.04. The van der Waals surface area contributed by atoms with E-state index in [-0.39, 0.29) is 11.5 Å². The molecule has 0 radical (unpaired) electrons. The Kier molecular flexibility index (Phi) is 7.97. The van der Waals surface area contributed by atoms with Crippen molar-refractivity contribution in [3.8, 4) is 0 Å². The molecule has 29 heavy (non-hydrogen) atoms. The van der Waals surface area contributed by atoms with Crippen LogP contribution >= 0.6 is 0 Å². The van der Waals surface area contributed by atoms with Gasteiger partial charge in [0.05, 0.1) is 26.3 Å². The third kappa shape index (κ3) is 6.40. The van der Waals surface area contributed by atoms with Gasteiger partial charge < -0.3 is 19.5 Å². The van der Waals surface area contributed by atoms with Crippen LogP contribution in [0.3, 0.4) is 0 Å². The number of aliphatic carboxylic acids is 1. The van der Waals surface area contributed by atoms with E-state index in [0.717, 1.165) is 38.1 Å². The molecule has 0 saturated carbocycles. The molecule has 2 aliphatic rings. The minimum absolute atomic E-state index is 0.151. The first-order chi connectivity index (χ1) is 13.7. The molecule has 0 aromatic carbocycles. The lowest BCUT2D eigenvalue weighted by molar-refractivity contribution is -0.192. The summed E-state index contributed by atoms with van der Waals surface area (Å²) in [6, 6.07) is 3.94. The van der Waals surface area contributed by atoms with Crippen molar-refractivity contribution in [2.75, 3.05) is 26.3 Å². The fraction of sp³-hybridized carbons (Fsp3) is 0.632. The van der Waals surface area contributed by atoms with E-state index in [0.29, 0.717) is 25.6 Å². The Morgan fingerprint density at radius 3 is 2.52 bits per heavy atom. The second-order valence-electron chi connectivity index (χ2n) is 7.07. The number of alkyl halides is 3. The first-order valence-electron chi connectivity index (χ1n) is 9.36. The van der Waals surface area contributed by atoms with Gasteiger partial charge in [0.25, 0.3) is 0 Å². The number of carboxylic acid groups (broad SMARTS) is 1. The Hall–Kier alpha value is -2.20. The molecule has 7 nitrogen and oxygen atoms in total. The molecule has 1 N–H and O–H groups in total. The first kappa shape index (κ1) is 23.1. The second kappa shape index (κ2) is 10.0. The van der Waals surface area contributed by atoms with E-state index in [2.05, 4.69) is 4.98 Å². The molecule has 2 saturated heterocycles. The molecule has 2 fully saturated rings. The first-order valence-corrected chi connectivity index (χ1v) is 9.36. The van der Waals surface area contributed by atoms with Gasteiger partial charge in [-0.25, -0.2) is 4.79 Å². The van der Waals surface area contributed by atoms with Crippen LogP contribution in [0.2, 0.25) is 0 Å². The van der Waals surface area contributed by atoms with Crippen molar-refractivity contribution < 1.29 is 37.3 Å². The molecule has 1 atom stereocenters. The zero-order chi connectivity index (χ0) is 21.5. The van der Waals surface area contributed by atoms with Gasteiger partial charge in [-0.1, -0.05) is 6.92 Å². The maximum atomic E-state index is 11.9. The molecular formula is C19H25F3N2O5. The quantitative estimate of drug-likeness (QED) is 0.764. The van der Waals surface area contributed by atoms with Crippen molar-refractivity contribution in [3.63, 3.8) is 0 Å². The summed E-state index contributed by atoms with van der Waals surface area (Å²) < 4.78 is 43.6. The van der Waals surface area contributed by atoms with Crippen molar-refractivity contribution in [2.45, 2.75) is 44.6 Å². The number of carbonyl (C=O) groups is 2. The number of carbonyl (C=O) groups excluding carboxylic acids is 1. The third-order valence-corrected chi connectivity index (χ3v) is 4.91. The number of nitrogens with zero attached hydrogens (tertiary/aromatic N) is 2. The molecule has 0 bridgehead atoms. The average Bonchev–Trinajstić information content (AvgIpc) is 3.05. The highest BCUT2D eigenvalue weighted by atomic mass is 19.4. The summed E-state index contributed by atoms with van der Waals surface area (Å²) in [4.78, 5) is 26.7. The number of likely N-dealkylation sites (tertiary alicyclic amines) is 1. The molecule has 0 aliphatic carbocycles. The monoisotopic (exact) mass is 418 g/mol. The Balaban J connectivity index is 0.000000370. The fourth-order valence-electron chi connectivity index (χ4n) is 3.32. The van der Waals surface area contributed by atoms with E-state index in [1.807, 2.05) is 24.0 Å². The summed E-state index contributed by atoms with van der Waals surface area (Å²) in [5.74, 6) is -2.12. The van der Waals surface area contributed by atoms with E-state index in [1.54, 1.807) is 12.4 Å². The molecule has 1 spiro atoms. The maximum absolute atomic E-state index is 11.9. The lowest BCUT2D eigenvalue weighted by Gasteiger charge is -2.50. The normalized spacial score (nSPS) is 20.0. The molecule has 162 valence electrons.